The second kappa shape index (κ2) is 6.33. The number of alkyl halides is 2. The van der Waals surface area contributed by atoms with Crippen LogP contribution in [0, 0.1) is 10.1 Å². The maximum atomic E-state index is 12.3. The smallest absolute Gasteiger partial charge is 0.412 e. The highest BCUT2D eigenvalue weighted by molar-refractivity contribution is 5.87. The number of anilines is 1. The predicted molar refractivity (Wildman–Crippen MR) is 69.6 cm³/mol. The fourth-order valence-corrected chi connectivity index (χ4v) is 1.34. The molecule has 0 bridgehead atoms. The number of carbonyl (C=O) groups is 1. The Bertz CT molecular complexity index is 543. The van der Waals surface area contributed by atoms with Crippen molar-refractivity contribution >= 4 is 17.5 Å². The molecule has 0 atom stereocenters. The molecule has 0 radical (unpaired) electrons. The second-order valence-corrected chi connectivity index (χ2v) is 4.94. The molecule has 1 rings (SSSR count). The average Bonchev–Trinajstić information content (AvgIpc) is 2.27. The van der Waals surface area contributed by atoms with Gasteiger partial charge in [0, 0.05) is 12.1 Å². The molecular formula is C12H14F2N2O5. The number of benzene rings is 1. The highest BCUT2D eigenvalue weighted by Crippen LogP contribution is 2.30. The third-order valence-corrected chi connectivity index (χ3v) is 2.03. The zero-order chi connectivity index (χ0) is 16.2. The Morgan fingerprint density at radius 1 is 1.38 bits per heavy atom. The number of hydrogen-bond donors (Lipinski definition) is 1. The Morgan fingerprint density at radius 2 is 2.00 bits per heavy atom. The molecule has 0 fully saturated rings. The van der Waals surface area contributed by atoms with Gasteiger partial charge in [-0.25, -0.2) is 4.79 Å². The van der Waals surface area contributed by atoms with E-state index in [2.05, 4.69) is 10.1 Å². The quantitative estimate of drug-likeness (QED) is 0.678. The van der Waals surface area contributed by atoms with Crippen molar-refractivity contribution < 1.29 is 28.0 Å². The van der Waals surface area contributed by atoms with E-state index in [0.717, 1.165) is 18.2 Å². The van der Waals surface area contributed by atoms with Crippen LogP contribution in [0.4, 0.5) is 25.0 Å². The van der Waals surface area contributed by atoms with E-state index in [1.165, 1.54) is 0 Å². The van der Waals surface area contributed by atoms with Gasteiger partial charge in [0.25, 0.3) is 5.69 Å². The van der Waals surface area contributed by atoms with Crippen molar-refractivity contribution in [1.29, 1.82) is 0 Å². The summed E-state index contributed by atoms with van der Waals surface area (Å²) in [5, 5.41) is 12.8. The summed E-state index contributed by atoms with van der Waals surface area (Å²) < 4.78 is 33.7. The van der Waals surface area contributed by atoms with Crippen LogP contribution in [0.1, 0.15) is 20.8 Å². The molecular weight excluding hydrogens is 290 g/mol. The molecule has 0 aliphatic carbocycles. The first-order chi connectivity index (χ1) is 9.58. The number of nitrogens with one attached hydrogen (secondary N) is 1. The van der Waals surface area contributed by atoms with Crippen molar-refractivity contribution in [2.45, 2.75) is 33.0 Å². The van der Waals surface area contributed by atoms with Crippen molar-refractivity contribution in [3.8, 4) is 5.75 Å². The SMILES string of the molecule is CC(C)(C)OC(=O)Nc1cc([N+](=O)[O-])ccc1OC(F)F. The van der Waals surface area contributed by atoms with Crippen LogP contribution < -0.4 is 10.1 Å². The van der Waals surface area contributed by atoms with Gasteiger partial charge in [-0.15, -0.1) is 0 Å². The zero-order valence-corrected chi connectivity index (χ0v) is 11.6. The first-order valence-corrected chi connectivity index (χ1v) is 5.82. The van der Waals surface area contributed by atoms with E-state index in [-0.39, 0.29) is 11.4 Å². The Labute approximate surface area is 119 Å². The molecule has 0 aliphatic rings. The molecule has 0 saturated heterocycles. The average molecular weight is 304 g/mol. The lowest BCUT2D eigenvalue weighted by atomic mass is 10.2. The Balaban J connectivity index is 3.02. The lowest BCUT2D eigenvalue weighted by molar-refractivity contribution is -0.384. The number of nitro groups is 1. The number of rotatable bonds is 4. The summed E-state index contributed by atoms with van der Waals surface area (Å²) >= 11 is 0. The zero-order valence-electron chi connectivity index (χ0n) is 11.6. The molecule has 1 amide bonds. The first-order valence-electron chi connectivity index (χ1n) is 5.82. The third kappa shape index (κ3) is 5.59. The molecule has 21 heavy (non-hydrogen) atoms. The molecule has 9 heteroatoms. The fraction of sp³-hybridized carbons (Fsp3) is 0.417. The van der Waals surface area contributed by atoms with E-state index < -0.39 is 29.0 Å². The summed E-state index contributed by atoms with van der Waals surface area (Å²) in [5.74, 6) is -0.401. The largest absolute Gasteiger partial charge is 0.444 e. The second-order valence-electron chi connectivity index (χ2n) is 4.94. The molecule has 0 heterocycles. The van der Waals surface area contributed by atoms with E-state index >= 15 is 0 Å². The summed E-state index contributed by atoms with van der Waals surface area (Å²) in [4.78, 5) is 21.5. The standard InChI is InChI=1S/C12H14F2N2O5/c1-12(2,3)21-11(17)15-8-6-7(16(18)19)4-5-9(8)20-10(13)14/h4-6,10H,1-3H3,(H,15,17). The fourth-order valence-electron chi connectivity index (χ4n) is 1.34. The topological polar surface area (TPSA) is 90.7 Å². The van der Waals surface area contributed by atoms with E-state index in [0.29, 0.717) is 0 Å². The van der Waals surface area contributed by atoms with Gasteiger partial charge >= 0.3 is 12.7 Å². The van der Waals surface area contributed by atoms with E-state index in [4.69, 9.17) is 4.74 Å². The number of amides is 1. The molecule has 0 saturated carbocycles. The van der Waals surface area contributed by atoms with Gasteiger partial charge in [0.1, 0.15) is 11.4 Å². The summed E-state index contributed by atoms with van der Waals surface area (Å²) in [6.45, 7) is 1.69. The van der Waals surface area contributed by atoms with Gasteiger partial charge in [0.15, 0.2) is 0 Å². The number of hydrogen-bond acceptors (Lipinski definition) is 5. The summed E-state index contributed by atoms with van der Waals surface area (Å²) in [5.41, 5.74) is -1.48. The van der Waals surface area contributed by atoms with Crippen molar-refractivity contribution in [2.24, 2.45) is 0 Å². The molecule has 0 aromatic heterocycles. The molecule has 1 aromatic carbocycles. The van der Waals surface area contributed by atoms with Crippen LogP contribution in [0.15, 0.2) is 18.2 Å². The molecule has 116 valence electrons. The molecule has 1 aromatic rings. The third-order valence-electron chi connectivity index (χ3n) is 2.03. The molecule has 1 N–H and O–H groups in total. The van der Waals surface area contributed by atoms with Crippen LogP contribution >= 0.6 is 0 Å². The minimum Gasteiger partial charge on any atom is -0.444 e. The number of carbonyl (C=O) groups excluding carboxylic acids is 1. The van der Waals surface area contributed by atoms with Crippen molar-refractivity contribution in [1.82, 2.24) is 0 Å². The lowest BCUT2D eigenvalue weighted by Gasteiger charge is -2.20. The van der Waals surface area contributed by atoms with Gasteiger partial charge in [-0.3, -0.25) is 15.4 Å². The van der Waals surface area contributed by atoms with Crippen molar-refractivity contribution in [3.63, 3.8) is 0 Å². The van der Waals surface area contributed by atoms with Crippen molar-refractivity contribution in [3.05, 3.63) is 28.3 Å². The van der Waals surface area contributed by atoms with E-state index in [1.807, 2.05) is 0 Å². The Kier molecular flexibility index (Phi) is 5.01. The van der Waals surface area contributed by atoms with Crippen LogP contribution in [-0.2, 0) is 4.74 Å². The molecule has 0 spiro atoms. The lowest BCUT2D eigenvalue weighted by Crippen LogP contribution is -2.27. The summed E-state index contributed by atoms with van der Waals surface area (Å²) in [6.07, 6.45) is -0.942. The molecule has 0 unspecified atom stereocenters. The summed E-state index contributed by atoms with van der Waals surface area (Å²) in [7, 11) is 0. The monoisotopic (exact) mass is 304 g/mol. The summed E-state index contributed by atoms with van der Waals surface area (Å²) in [6, 6.07) is 2.86. The highest BCUT2D eigenvalue weighted by Gasteiger charge is 2.20. The van der Waals surface area contributed by atoms with Gasteiger partial charge in [-0.2, -0.15) is 8.78 Å². The van der Waals surface area contributed by atoms with Gasteiger partial charge in [-0.05, 0) is 26.8 Å². The minimum atomic E-state index is -3.13. The van der Waals surface area contributed by atoms with Crippen LogP contribution in [0.3, 0.4) is 0 Å². The van der Waals surface area contributed by atoms with Crippen molar-refractivity contribution in [2.75, 3.05) is 5.32 Å². The normalized spacial score (nSPS) is 11.1. The van der Waals surface area contributed by atoms with Gasteiger partial charge < -0.3 is 9.47 Å². The molecule has 0 aliphatic heterocycles. The number of halogens is 2. The van der Waals surface area contributed by atoms with E-state index in [9.17, 15) is 23.7 Å². The van der Waals surface area contributed by atoms with Crippen LogP contribution in [-0.4, -0.2) is 23.2 Å². The van der Waals surface area contributed by atoms with Gasteiger partial charge in [-0.1, -0.05) is 0 Å². The number of ether oxygens (including phenoxy) is 2. The van der Waals surface area contributed by atoms with Crippen LogP contribution in [0.2, 0.25) is 0 Å². The van der Waals surface area contributed by atoms with Crippen LogP contribution in [0.5, 0.6) is 5.75 Å². The van der Waals surface area contributed by atoms with Gasteiger partial charge in [0.2, 0.25) is 0 Å². The predicted octanol–water partition coefficient (Wildman–Crippen LogP) is 3.54. The number of nitrogens with zero attached hydrogens (tertiary/aromatic N) is 1. The molecule has 7 nitrogen and oxygen atoms in total. The van der Waals surface area contributed by atoms with E-state index in [1.54, 1.807) is 20.8 Å². The number of nitro benzene ring substituents is 1. The Hall–Kier alpha value is -2.45. The van der Waals surface area contributed by atoms with Gasteiger partial charge in [0.05, 0.1) is 10.6 Å². The first kappa shape index (κ1) is 16.6. The maximum absolute atomic E-state index is 12.3. The highest BCUT2D eigenvalue weighted by atomic mass is 19.3. The maximum Gasteiger partial charge on any atom is 0.412 e. The van der Waals surface area contributed by atoms with Crippen LogP contribution in [0.25, 0.3) is 0 Å². The number of non-ortho nitro benzene ring substituents is 1. The Morgan fingerprint density at radius 3 is 2.48 bits per heavy atom. The minimum absolute atomic E-state index is 0.279.